The van der Waals surface area contributed by atoms with E-state index in [4.69, 9.17) is 0 Å². The first-order valence-corrected chi connectivity index (χ1v) is 9.52. The molecule has 0 amide bonds. The smallest absolute Gasteiger partial charge is 0.355 e. The highest BCUT2D eigenvalue weighted by Crippen LogP contribution is 2.37. The SMILES string of the molecule is O=c1cc2c(nn1CC1CN(c3ncccc3C(F)(F)F)C1)CCSC2. The Morgan fingerprint density at radius 1 is 1.31 bits per heavy atom. The zero-order valence-electron chi connectivity index (χ0n) is 13.9. The van der Waals surface area contributed by atoms with E-state index in [9.17, 15) is 18.0 Å². The molecule has 0 radical (unpaired) electrons. The molecule has 2 aromatic heterocycles. The maximum atomic E-state index is 13.1. The van der Waals surface area contributed by atoms with E-state index in [1.807, 2.05) is 0 Å². The number of hydrogen-bond donors (Lipinski definition) is 0. The second-order valence-electron chi connectivity index (χ2n) is 6.58. The van der Waals surface area contributed by atoms with Crippen molar-refractivity contribution >= 4 is 17.6 Å². The molecule has 26 heavy (non-hydrogen) atoms. The largest absolute Gasteiger partial charge is 0.419 e. The fourth-order valence-corrected chi connectivity index (χ4v) is 4.31. The number of fused-ring (bicyclic) bond motifs is 1. The molecule has 9 heteroatoms. The van der Waals surface area contributed by atoms with Crippen molar-refractivity contribution in [2.45, 2.75) is 24.9 Å². The van der Waals surface area contributed by atoms with Crippen LogP contribution in [0.4, 0.5) is 19.0 Å². The van der Waals surface area contributed by atoms with Crippen molar-refractivity contribution in [3.8, 4) is 0 Å². The first kappa shape index (κ1) is 17.4. The Hall–Kier alpha value is -2.03. The molecular formula is C17H17F3N4OS. The summed E-state index contributed by atoms with van der Waals surface area (Å²) >= 11 is 1.79. The third-order valence-corrected chi connectivity index (χ3v) is 5.69. The van der Waals surface area contributed by atoms with Crippen LogP contribution in [0.15, 0.2) is 29.2 Å². The van der Waals surface area contributed by atoms with Gasteiger partial charge in [-0.15, -0.1) is 0 Å². The molecule has 0 aliphatic carbocycles. The fourth-order valence-electron chi connectivity index (χ4n) is 3.36. The Bertz CT molecular complexity index is 877. The minimum absolute atomic E-state index is 0.0426. The third kappa shape index (κ3) is 3.32. The van der Waals surface area contributed by atoms with Crippen LogP contribution in [0.1, 0.15) is 16.8 Å². The second kappa shape index (κ2) is 6.61. The molecule has 0 bridgehead atoms. The van der Waals surface area contributed by atoms with Crippen LogP contribution in [-0.4, -0.2) is 33.6 Å². The lowest BCUT2D eigenvalue weighted by atomic mass is 9.99. The Morgan fingerprint density at radius 3 is 2.88 bits per heavy atom. The van der Waals surface area contributed by atoms with Crippen LogP contribution in [-0.2, 0) is 24.9 Å². The average Bonchev–Trinajstić information content (AvgIpc) is 2.57. The number of halogens is 3. The summed E-state index contributed by atoms with van der Waals surface area (Å²) in [6, 6.07) is 3.98. The quantitative estimate of drug-likeness (QED) is 0.817. The minimum Gasteiger partial charge on any atom is -0.355 e. The van der Waals surface area contributed by atoms with E-state index in [1.54, 1.807) is 22.7 Å². The lowest BCUT2D eigenvalue weighted by Gasteiger charge is -2.41. The number of nitrogens with zero attached hydrogens (tertiary/aromatic N) is 4. The van der Waals surface area contributed by atoms with Gasteiger partial charge in [0.15, 0.2) is 0 Å². The molecule has 1 fully saturated rings. The minimum atomic E-state index is -4.43. The van der Waals surface area contributed by atoms with Crippen molar-refractivity contribution < 1.29 is 13.2 Å². The van der Waals surface area contributed by atoms with E-state index in [1.165, 1.54) is 16.9 Å². The summed E-state index contributed by atoms with van der Waals surface area (Å²) < 4.78 is 40.8. The monoisotopic (exact) mass is 382 g/mol. The fraction of sp³-hybridized carbons (Fsp3) is 0.471. The van der Waals surface area contributed by atoms with Gasteiger partial charge < -0.3 is 4.90 Å². The molecule has 1 saturated heterocycles. The zero-order valence-corrected chi connectivity index (χ0v) is 14.7. The predicted molar refractivity (Wildman–Crippen MR) is 93.3 cm³/mol. The van der Waals surface area contributed by atoms with E-state index in [0.717, 1.165) is 35.3 Å². The van der Waals surface area contributed by atoms with Gasteiger partial charge in [-0.3, -0.25) is 4.79 Å². The third-order valence-electron chi connectivity index (χ3n) is 4.68. The van der Waals surface area contributed by atoms with Crippen molar-refractivity contribution in [1.29, 1.82) is 0 Å². The van der Waals surface area contributed by atoms with E-state index in [-0.39, 0.29) is 17.3 Å². The first-order chi connectivity index (χ1) is 12.4. The van der Waals surface area contributed by atoms with Gasteiger partial charge in [0, 0.05) is 43.4 Å². The van der Waals surface area contributed by atoms with Crippen LogP contribution < -0.4 is 10.5 Å². The second-order valence-corrected chi connectivity index (χ2v) is 7.69. The summed E-state index contributed by atoms with van der Waals surface area (Å²) in [5, 5.41) is 4.47. The van der Waals surface area contributed by atoms with Crippen molar-refractivity contribution in [3.05, 3.63) is 51.6 Å². The number of aryl methyl sites for hydroxylation is 1. The number of aromatic nitrogens is 3. The summed E-state index contributed by atoms with van der Waals surface area (Å²) in [4.78, 5) is 17.7. The molecule has 0 saturated carbocycles. The summed E-state index contributed by atoms with van der Waals surface area (Å²) in [6.07, 6.45) is -2.21. The van der Waals surface area contributed by atoms with Gasteiger partial charge in [-0.05, 0) is 23.4 Å². The van der Waals surface area contributed by atoms with E-state index < -0.39 is 11.7 Å². The van der Waals surface area contributed by atoms with E-state index >= 15 is 0 Å². The highest BCUT2D eigenvalue weighted by Gasteiger charge is 2.39. The number of thioether (sulfide) groups is 1. The molecule has 0 N–H and O–H groups in total. The molecule has 0 spiro atoms. The summed E-state index contributed by atoms with van der Waals surface area (Å²) in [7, 11) is 0. The van der Waals surface area contributed by atoms with Gasteiger partial charge in [0.25, 0.3) is 5.56 Å². The lowest BCUT2D eigenvalue weighted by molar-refractivity contribution is -0.137. The maximum absolute atomic E-state index is 13.1. The molecule has 0 unspecified atom stereocenters. The lowest BCUT2D eigenvalue weighted by Crippen LogP contribution is -2.50. The molecule has 4 rings (SSSR count). The molecule has 4 heterocycles. The van der Waals surface area contributed by atoms with Crippen molar-refractivity contribution in [2.24, 2.45) is 5.92 Å². The zero-order chi connectivity index (χ0) is 18.3. The van der Waals surface area contributed by atoms with Crippen LogP contribution in [0.2, 0.25) is 0 Å². The van der Waals surface area contributed by atoms with Crippen molar-refractivity contribution in [1.82, 2.24) is 14.8 Å². The standard InChI is InChI=1S/C17H17F3N4OS/c18-17(19,20)13-2-1-4-21-16(13)23-7-11(8-23)9-24-15(25)6-12-10-26-5-3-14(12)22-24/h1-2,4,6,11H,3,5,7-10H2. The molecule has 5 nitrogen and oxygen atoms in total. The Kier molecular flexibility index (Phi) is 4.42. The maximum Gasteiger partial charge on any atom is 0.419 e. The predicted octanol–water partition coefficient (Wildman–Crippen LogP) is 2.58. The Morgan fingerprint density at radius 2 is 2.12 bits per heavy atom. The van der Waals surface area contributed by atoms with Gasteiger partial charge in [-0.1, -0.05) is 0 Å². The number of hydrogen-bond acceptors (Lipinski definition) is 5. The van der Waals surface area contributed by atoms with Gasteiger partial charge in [-0.2, -0.15) is 30.0 Å². The van der Waals surface area contributed by atoms with Gasteiger partial charge >= 0.3 is 6.18 Å². The van der Waals surface area contributed by atoms with Gasteiger partial charge in [0.05, 0.1) is 17.8 Å². The molecule has 138 valence electrons. The molecule has 2 aromatic rings. The van der Waals surface area contributed by atoms with E-state index in [2.05, 4.69) is 10.1 Å². The summed E-state index contributed by atoms with van der Waals surface area (Å²) in [6.45, 7) is 1.28. The number of rotatable bonds is 3. The highest BCUT2D eigenvalue weighted by atomic mass is 32.2. The Balaban J connectivity index is 1.46. The van der Waals surface area contributed by atoms with Crippen molar-refractivity contribution in [3.63, 3.8) is 0 Å². The van der Waals surface area contributed by atoms with Gasteiger partial charge in [0.2, 0.25) is 0 Å². The summed E-state index contributed by atoms with van der Waals surface area (Å²) in [5.41, 5.74) is 1.10. The first-order valence-electron chi connectivity index (χ1n) is 8.36. The topological polar surface area (TPSA) is 51.0 Å². The van der Waals surface area contributed by atoms with Crippen LogP contribution in [0.3, 0.4) is 0 Å². The van der Waals surface area contributed by atoms with Crippen molar-refractivity contribution in [2.75, 3.05) is 23.7 Å². The number of pyridine rings is 1. The Labute approximate surface area is 152 Å². The van der Waals surface area contributed by atoms with E-state index in [0.29, 0.717) is 19.6 Å². The van der Waals surface area contributed by atoms with Crippen LogP contribution in [0, 0.1) is 5.92 Å². The highest BCUT2D eigenvalue weighted by molar-refractivity contribution is 7.98. The molecule has 0 atom stereocenters. The molecular weight excluding hydrogens is 365 g/mol. The number of anilines is 1. The molecule has 0 aromatic carbocycles. The average molecular weight is 382 g/mol. The van der Waals surface area contributed by atoms with Crippen LogP contribution in [0.5, 0.6) is 0 Å². The molecule has 2 aliphatic rings. The summed E-state index contributed by atoms with van der Waals surface area (Å²) in [5.74, 6) is 1.85. The van der Waals surface area contributed by atoms with Crippen LogP contribution in [0.25, 0.3) is 0 Å². The van der Waals surface area contributed by atoms with Gasteiger partial charge in [0.1, 0.15) is 5.82 Å². The van der Waals surface area contributed by atoms with Crippen LogP contribution >= 0.6 is 11.8 Å². The van der Waals surface area contributed by atoms with Gasteiger partial charge in [-0.25, -0.2) is 9.67 Å². The number of alkyl halides is 3. The molecule has 2 aliphatic heterocycles. The normalized spacial score (nSPS) is 17.7.